The maximum Gasteiger partial charge on any atom is 0.471 e. The van der Waals surface area contributed by atoms with Crippen LogP contribution >= 0.6 is 0 Å². The van der Waals surface area contributed by atoms with Crippen LogP contribution in [0.1, 0.15) is 45.4 Å². The number of unbranched alkanes of at least 4 members (excludes halogenated alkanes) is 2. The Labute approximate surface area is 149 Å². The van der Waals surface area contributed by atoms with Crippen molar-refractivity contribution in [2.75, 3.05) is 6.54 Å². The van der Waals surface area contributed by atoms with Gasteiger partial charge in [0.25, 0.3) is 0 Å². The normalized spacial score (nSPS) is 11.2. The van der Waals surface area contributed by atoms with Gasteiger partial charge in [-0.05, 0) is 37.5 Å². The van der Waals surface area contributed by atoms with E-state index >= 15 is 0 Å². The average Bonchev–Trinajstić information content (AvgIpc) is 2.55. The summed E-state index contributed by atoms with van der Waals surface area (Å²) in [5.41, 5.74) is 0. The number of nitrogens with one attached hydrogen (secondary N) is 2. The van der Waals surface area contributed by atoms with E-state index in [9.17, 15) is 27.6 Å². The van der Waals surface area contributed by atoms with E-state index in [1.165, 1.54) is 5.32 Å². The molecule has 0 spiro atoms. The molecular weight excluding hydrogens is 353 g/mol. The quantitative estimate of drug-likeness (QED) is 0.422. The molecule has 9 heteroatoms. The zero-order valence-electron chi connectivity index (χ0n) is 14.3. The van der Waals surface area contributed by atoms with Gasteiger partial charge in [-0.3, -0.25) is 9.59 Å². The molecular formula is C17H21F3N2O4. The van der Waals surface area contributed by atoms with Crippen LogP contribution < -0.4 is 10.6 Å². The minimum absolute atomic E-state index is 0.0276. The molecule has 0 bridgehead atoms. The second kappa shape index (κ2) is 12.6. The number of amides is 2. The smallest absolute Gasteiger partial charge is 0.471 e. The molecule has 0 radical (unpaired) electrons. The maximum atomic E-state index is 12.1. The first-order valence-electron chi connectivity index (χ1n) is 8.01. The van der Waals surface area contributed by atoms with Gasteiger partial charge in [0, 0.05) is 13.0 Å². The summed E-state index contributed by atoms with van der Waals surface area (Å²) in [5, 5.41) is 12.8. The van der Waals surface area contributed by atoms with Crippen LogP contribution in [0.15, 0.2) is 0 Å². The molecule has 0 aromatic heterocycles. The van der Waals surface area contributed by atoms with E-state index in [0.29, 0.717) is 6.42 Å². The van der Waals surface area contributed by atoms with Gasteiger partial charge in [0.05, 0.1) is 6.42 Å². The standard InChI is InChI=1S/C17H21F3N2O4/c1-2-3-4-5-6-7-11-14(23)21-12-9-8-10-13(15(24)25)22-16(26)17(18,19)20/h13H,2-3,8-12H2,1H3,(H,21,23)(H,22,26)(H,24,25). The molecule has 3 N–H and O–H groups in total. The Bertz CT molecular complexity index is 609. The van der Waals surface area contributed by atoms with Gasteiger partial charge < -0.3 is 15.7 Å². The van der Waals surface area contributed by atoms with E-state index in [-0.39, 0.29) is 31.7 Å². The molecule has 0 rings (SSSR count). The van der Waals surface area contributed by atoms with Crippen molar-refractivity contribution in [3.05, 3.63) is 0 Å². The van der Waals surface area contributed by atoms with E-state index in [2.05, 4.69) is 29.0 Å². The Hall–Kier alpha value is -2.68. The van der Waals surface area contributed by atoms with Crippen LogP contribution in [0.3, 0.4) is 0 Å². The number of carbonyl (C=O) groups is 3. The molecule has 0 fully saturated rings. The summed E-state index contributed by atoms with van der Waals surface area (Å²) in [4.78, 5) is 33.1. The highest BCUT2D eigenvalue weighted by molar-refractivity contribution is 5.86. The number of carboxylic acids is 1. The molecule has 1 atom stereocenters. The van der Waals surface area contributed by atoms with Gasteiger partial charge in [-0.25, -0.2) is 4.79 Å². The molecule has 0 saturated heterocycles. The lowest BCUT2D eigenvalue weighted by Crippen LogP contribution is -2.46. The Morgan fingerprint density at radius 2 is 1.77 bits per heavy atom. The average molecular weight is 374 g/mol. The summed E-state index contributed by atoms with van der Waals surface area (Å²) in [6.07, 6.45) is -3.12. The van der Waals surface area contributed by atoms with Gasteiger partial charge in [0.1, 0.15) is 6.04 Å². The molecule has 26 heavy (non-hydrogen) atoms. The molecule has 2 amide bonds. The third kappa shape index (κ3) is 11.8. The summed E-state index contributed by atoms with van der Waals surface area (Å²) >= 11 is 0. The summed E-state index contributed by atoms with van der Waals surface area (Å²) in [5.74, 6) is 6.37. The van der Waals surface area contributed by atoms with Gasteiger partial charge in [0.2, 0.25) is 5.91 Å². The molecule has 0 aromatic carbocycles. The Morgan fingerprint density at radius 3 is 2.35 bits per heavy atom. The second-order valence-electron chi connectivity index (χ2n) is 5.24. The van der Waals surface area contributed by atoms with Crippen molar-refractivity contribution >= 4 is 17.8 Å². The second-order valence-corrected chi connectivity index (χ2v) is 5.24. The molecule has 1 unspecified atom stereocenters. The molecule has 144 valence electrons. The lowest BCUT2D eigenvalue weighted by Gasteiger charge is -2.15. The zero-order valence-corrected chi connectivity index (χ0v) is 14.3. The third-order valence-electron chi connectivity index (χ3n) is 2.97. The minimum atomic E-state index is -5.14. The topological polar surface area (TPSA) is 95.5 Å². The fourth-order valence-electron chi connectivity index (χ4n) is 1.66. The highest BCUT2D eigenvalue weighted by Gasteiger charge is 2.40. The molecule has 0 aromatic rings. The number of hydrogen-bond donors (Lipinski definition) is 3. The van der Waals surface area contributed by atoms with Crippen LogP contribution in [-0.2, 0) is 14.4 Å². The molecule has 0 aliphatic carbocycles. The largest absolute Gasteiger partial charge is 0.480 e. The number of hydrogen-bond acceptors (Lipinski definition) is 3. The first-order valence-corrected chi connectivity index (χ1v) is 8.01. The maximum absolute atomic E-state index is 12.1. The predicted octanol–water partition coefficient (Wildman–Crippen LogP) is 1.60. The van der Waals surface area contributed by atoms with Crippen molar-refractivity contribution in [3.63, 3.8) is 0 Å². The van der Waals surface area contributed by atoms with Gasteiger partial charge in [-0.15, -0.1) is 0 Å². The van der Waals surface area contributed by atoms with Crippen molar-refractivity contribution in [2.24, 2.45) is 0 Å². The van der Waals surface area contributed by atoms with Crippen LogP contribution in [0.25, 0.3) is 0 Å². The van der Waals surface area contributed by atoms with Gasteiger partial charge in [0.15, 0.2) is 0 Å². The number of halogens is 3. The van der Waals surface area contributed by atoms with Gasteiger partial charge >= 0.3 is 18.1 Å². The molecule has 0 aliphatic heterocycles. The van der Waals surface area contributed by atoms with E-state index in [4.69, 9.17) is 5.11 Å². The summed E-state index contributed by atoms with van der Waals surface area (Å²) in [6, 6.07) is -1.63. The van der Waals surface area contributed by atoms with Crippen LogP contribution in [0.2, 0.25) is 0 Å². The summed E-state index contributed by atoms with van der Waals surface area (Å²) in [6.45, 7) is 2.21. The minimum Gasteiger partial charge on any atom is -0.480 e. The van der Waals surface area contributed by atoms with E-state index in [1.54, 1.807) is 0 Å². The number of rotatable bonds is 9. The van der Waals surface area contributed by atoms with Gasteiger partial charge in [-0.1, -0.05) is 18.8 Å². The monoisotopic (exact) mass is 374 g/mol. The van der Waals surface area contributed by atoms with Crippen LogP contribution in [0, 0.1) is 23.7 Å². The molecule has 0 aliphatic rings. The SMILES string of the molecule is CCCC#CC#CCC(=O)NCCCCC(NC(=O)C(F)(F)F)C(=O)O. The van der Waals surface area contributed by atoms with E-state index < -0.39 is 24.1 Å². The molecule has 0 saturated carbocycles. The third-order valence-corrected chi connectivity index (χ3v) is 2.97. The fourth-order valence-corrected chi connectivity index (χ4v) is 1.66. The van der Waals surface area contributed by atoms with Gasteiger partial charge in [-0.2, -0.15) is 13.2 Å². The van der Waals surface area contributed by atoms with Crippen molar-refractivity contribution in [1.29, 1.82) is 0 Å². The van der Waals surface area contributed by atoms with Crippen LogP contribution in [-0.4, -0.2) is 41.7 Å². The number of alkyl halides is 3. The summed E-state index contributed by atoms with van der Waals surface area (Å²) < 4.78 is 36.4. The Morgan fingerprint density at radius 1 is 1.12 bits per heavy atom. The molecule has 0 heterocycles. The van der Waals surface area contributed by atoms with Crippen molar-refractivity contribution in [3.8, 4) is 23.7 Å². The Kier molecular flexibility index (Phi) is 11.3. The molecule has 6 nitrogen and oxygen atoms in total. The van der Waals surface area contributed by atoms with Crippen molar-refractivity contribution in [2.45, 2.75) is 57.7 Å². The fraction of sp³-hybridized carbons (Fsp3) is 0.588. The summed E-state index contributed by atoms with van der Waals surface area (Å²) in [7, 11) is 0. The number of carboxylic acid groups (broad SMARTS) is 1. The zero-order chi connectivity index (χ0) is 20.0. The highest BCUT2D eigenvalue weighted by atomic mass is 19.4. The van der Waals surface area contributed by atoms with E-state index in [1.807, 2.05) is 6.92 Å². The predicted molar refractivity (Wildman–Crippen MR) is 87.6 cm³/mol. The number of carbonyl (C=O) groups excluding carboxylic acids is 2. The van der Waals surface area contributed by atoms with Crippen molar-refractivity contribution in [1.82, 2.24) is 10.6 Å². The lowest BCUT2D eigenvalue weighted by molar-refractivity contribution is -0.175. The highest BCUT2D eigenvalue weighted by Crippen LogP contribution is 2.15. The van der Waals surface area contributed by atoms with Crippen molar-refractivity contribution < 1.29 is 32.7 Å². The van der Waals surface area contributed by atoms with E-state index in [0.717, 1.165) is 12.8 Å². The number of aliphatic carboxylic acids is 1. The van der Waals surface area contributed by atoms with Crippen LogP contribution in [0.4, 0.5) is 13.2 Å². The van der Waals surface area contributed by atoms with Crippen LogP contribution in [0.5, 0.6) is 0 Å². The lowest BCUT2D eigenvalue weighted by atomic mass is 10.1. The first-order chi connectivity index (χ1) is 12.2. The first kappa shape index (κ1) is 23.3. The Balaban J connectivity index is 4.05.